The van der Waals surface area contributed by atoms with Crippen LogP contribution < -0.4 is 10.1 Å². The molecule has 0 spiro atoms. The first-order chi connectivity index (χ1) is 12.1. The summed E-state index contributed by atoms with van der Waals surface area (Å²) in [5.41, 5.74) is 2.36. The van der Waals surface area contributed by atoms with E-state index in [9.17, 15) is 4.79 Å². The van der Waals surface area contributed by atoms with Crippen LogP contribution in [0.2, 0.25) is 0 Å². The number of furan rings is 1. The van der Waals surface area contributed by atoms with Gasteiger partial charge < -0.3 is 14.5 Å². The molecule has 0 unspecified atom stereocenters. The van der Waals surface area contributed by atoms with Crippen molar-refractivity contribution in [1.82, 2.24) is 15.3 Å². The summed E-state index contributed by atoms with van der Waals surface area (Å²) in [4.78, 5) is 20.8. The van der Waals surface area contributed by atoms with Gasteiger partial charge >= 0.3 is 0 Å². The van der Waals surface area contributed by atoms with Gasteiger partial charge in [0.05, 0.1) is 12.0 Å². The Morgan fingerprint density at radius 2 is 2.20 bits per heavy atom. The molecule has 1 amide bonds. The number of nitrogens with zero attached hydrogens (tertiary/aromatic N) is 2. The monoisotopic (exact) mass is 369 g/mol. The van der Waals surface area contributed by atoms with E-state index in [1.807, 2.05) is 12.1 Å². The molecular formula is C17H11N3O3S2. The number of thioether (sulfide) groups is 1. The Balaban J connectivity index is 1.77. The molecule has 0 aromatic carbocycles. The molecule has 1 fully saturated rings. The fourth-order valence-corrected chi connectivity index (χ4v) is 3.49. The molecule has 0 saturated carbocycles. The van der Waals surface area contributed by atoms with E-state index in [4.69, 9.17) is 21.4 Å². The number of aromatic nitrogens is 2. The lowest BCUT2D eigenvalue weighted by Crippen LogP contribution is -2.17. The van der Waals surface area contributed by atoms with Crippen LogP contribution in [0.25, 0.3) is 28.2 Å². The van der Waals surface area contributed by atoms with Crippen LogP contribution in [0.3, 0.4) is 0 Å². The summed E-state index contributed by atoms with van der Waals surface area (Å²) >= 11 is 6.21. The largest absolute Gasteiger partial charge is 0.481 e. The van der Waals surface area contributed by atoms with Crippen molar-refractivity contribution in [3.05, 3.63) is 47.5 Å². The number of nitrogens with one attached hydrogen (secondary N) is 1. The smallest absolute Gasteiger partial charge is 0.263 e. The van der Waals surface area contributed by atoms with Crippen molar-refractivity contribution in [2.75, 3.05) is 7.11 Å². The van der Waals surface area contributed by atoms with E-state index >= 15 is 0 Å². The highest BCUT2D eigenvalue weighted by molar-refractivity contribution is 8.26. The SMILES string of the molecule is COc1ccc(-c2cncc3cc(/C=C4\SC(=S)NC4=O)oc23)cn1. The third-order valence-electron chi connectivity index (χ3n) is 3.61. The molecule has 6 nitrogen and oxygen atoms in total. The highest BCUT2D eigenvalue weighted by atomic mass is 32.2. The van der Waals surface area contributed by atoms with Crippen molar-refractivity contribution in [2.45, 2.75) is 0 Å². The third kappa shape index (κ3) is 3.01. The zero-order chi connectivity index (χ0) is 17.4. The molecule has 0 radical (unpaired) electrons. The number of carbonyl (C=O) groups excluding carboxylic acids is 1. The van der Waals surface area contributed by atoms with Gasteiger partial charge in [-0.2, -0.15) is 0 Å². The summed E-state index contributed by atoms with van der Waals surface area (Å²) in [5.74, 6) is 0.884. The number of fused-ring (bicyclic) bond motifs is 1. The van der Waals surface area contributed by atoms with Gasteiger partial charge in [-0.25, -0.2) is 4.98 Å². The number of carbonyl (C=O) groups is 1. The third-order valence-corrected chi connectivity index (χ3v) is 4.78. The number of rotatable bonds is 3. The van der Waals surface area contributed by atoms with Crippen molar-refractivity contribution >= 4 is 51.3 Å². The van der Waals surface area contributed by atoms with E-state index in [-0.39, 0.29) is 5.91 Å². The maximum atomic E-state index is 11.8. The van der Waals surface area contributed by atoms with Gasteiger partial charge in [-0.3, -0.25) is 9.78 Å². The first-order valence-corrected chi connectivity index (χ1v) is 8.49. The normalized spacial score (nSPS) is 15.8. The molecule has 3 aromatic heterocycles. The van der Waals surface area contributed by atoms with E-state index < -0.39 is 0 Å². The van der Waals surface area contributed by atoms with Crippen LogP contribution in [0.15, 0.2) is 46.1 Å². The molecule has 4 heterocycles. The van der Waals surface area contributed by atoms with Crippen LogP contribution >= 0.6 is 24.0 Å². The number of methoxy groups -OCH3 is 1. The van der Waals surface area contributed by atoms with Crippen LogP contribution in [0.4, 0.5) is 0 Å². The number of thiocarbonyl (C=S) groups is 1. The Morgan fingerprint density at radius 1 is 1.32 bits per heavy atom. The lowest BCUT2D eigenvalue weighted by molar-refractivity contribution is -0.115. The van der Waals surface area contributed by atoms with Gasteiger partial charge in [0.2, 0.25) is 5.88 Å². The second kappa shape index (κ2) is 6.30. The minimum absolute atomic E-state index is 0.215. The average Bonchev–Trinajstić information content (AvgIpc) is 3.17. The fraction of sp³-hybridized carbons (Fsp3) is 0.0588. The highest BCUT2D eigenvalue weighted by Gasteiger charge is 2.22. The number of hydrogen-bond acceptors (Lipinski definition) is 7. The fourth-order valence-electron chi connectivity index (χ4n) is 2.47. The van der Waals surface area contributed by atoms with Crippen LogP contribution in [0.5, 0.6) is 5.88 Å². The van der Waals surface area contributed by atoms with Crippen LogP contribution in [-0.4, -0.2) is 27.3 Å². The van der Waals surface area contributed by atoms with Crippen molar-refractivity contribution < 1.29 is 13.9 Å². The van der Waals surface area contributed by atoms with Gasteiger partial charge in [0, 0.05) is 47.2 Å². The van der Waals surface area contributed by atoms with E-state index in [1.165, 1.54) is 11.8 Å². The molecule has 1 N–H and O–H groups in total. The van der Waals surface area contributed by atoms with Crippen LogP contribution in [-0.2, 0) is 4.79 Å². The molecule has 1 saturated heterocycles. The quantitative estimate of drug-likeness (QED) is 0.560. The number of hydrogen-bond donors (Lipinski definition) is 1. The summed E-state index contributed by atoms with van der Waals surface area (Å²) in [6, 6.07) is 5.51. The molecule has 3 aromatic rings. The standard InChI is InChI=1S/C17H11N3O3S2/c1-22-14-3-2-9(7-19-14)12-8-18-6-10-4-11(23-15(10)12)5-13-16(21)20-17(24)25-13/h2-8H,1H3,(H,20,21,24)/b13-5-. The average molecular weight is 369 g/mol. The number of ether oxygens (including phenoxy) is 1. The van der Waals surface area contributed by atoms with Gasteiger partial charge in [0.25, 0.3) is 5.91 Å². The predicted octanol–water partition coefficient (Wildman–Crippen LogP) is 3.39. The maximum Gasteiger partial charge on any atom is 0.263 e. The van der Waals surface area contributed by atoms with E-state index in [0.717, 1.165) is 16.5 Å². The van der Waals surface area contributed by atoms with Crippen molar-refractivity contribution in [3.8, 4) is 17.0 Å². The summed E-state index contributed by atoms with van der Waals surface area (Å²) in [5, 5.41) is 3.42. The predicted molar refractivity (Wildman–Crippen MR) is 100 cm³/mol. The van der Waals surface area contributed by atoms with Crippen molar-refractivity contribution in [1.29, 1.82) is 0 Å². The first kappa shape index (κ1) is 15.8. The molecule has 8 heteroatoms. The minimum Gasteiger partial charge on any atom is -0.481 e. The molecular weight excluding hydrogens is 358 g/mol. The lowest BCUT2D eigenvalue weighted by Gasteiger charge is -2.03. The minimum atomic E-state index is -0.215. The zero-order valence-electron chi connectivity index (χ0n) is 13.0. The van der Waals surface area contributed by atoms with Crippen molar-refractivity contribution in [3.63, 3.8) is 0 Å². The molecule has 0 bridgehead atoms. The van der Waals surface area contributed by atoms with Gasteiger partial charge in [0.15, 0.2) is 0 Å². The van der Waals surface area contributed by atoms with E-state index in [1.54, 1.807) is 37.8 Å². The Hall–Kier alpha value is -2.71. The summed E-state index contributed by atoms with van der Waals surface area (Å²) in [7, 11) is 1.57. The van der Waals surface area contributed by atoms with Gasteiger partial charge in [0.1, 0.15) is 15.7 Å². The van der Waals surface area contributed by atoms with Crippen molar-refractivity contribution in [2.24, 2.45) is 0 Å². The molecule has 1 aliphatic heterocycles. The second-order valence-corrected chi connectivity index (χ2v) is 6.91. The molecule has 124 valence electrons. The van der Waals surface area contributed by atoms with Gasteiger partial charge in [-0.05, 0) is 12.1 Å². The first-order valence-electron chi connectivity index (χ1n) is 7.27. The summed E-state index contributed by atoms with van der Waals surface area (Å²) < 4.78 is 11.5. The Bertz CT molecular complexity index is 1030. The zero-order valence-corrected chi connectivity index (χ0v) is 14.6. The van der Waals surface area contributed by atoms with Crippen LogP contribution in [0.1, 0.15) is 5.76 Å². The van der Waals surface area contributed by atoms with Gasteiger partial charge in [-0.1, -0.05) is 24.0 Å². The number of pyridine rings is 2. The topological polar surface area (TPSA) is 77.2 Å². The Labute approximate surface area is 152 Å². The molecule has 4 rings (SSSR count). The molecule has 0 atom stereocenters. The van der Waals surface area contributed by atoms with Crippen LogP contribution in [0, 0.1) is 0 Å². The highest BCUT2D eigenvalue weighted by Crippen LogP contribution is 2.32. The molecule has 25 heavy (non-hydrogen) atoms. The van der Waals surface area contributed by atoms with E-state index in [0.29, 0.717) is 26.4 Å². The lowest BCUT2D eigenvalue weighted by atomic mass is 10.1. The Kier molecular flexibility index (Phi) is 3.98. The van der Waals surface area contributed by atoms with E-state index in [2.05, 4.69) is 15.3 Å². The van der Waals surface area contributed by atoms with Gasteiger partial charge in [-0.15, -0.1) is 0 Å². The summed E-state index contributed by atoms with van der Waals surface area (Å²) in [6.45, 7) is 0. The Morgan fingerprint density at radius 3 is 2.88 bits per heavy atom. The number of amides is 1. The summed E-state index contributed by atoms with van der Waals surface area (Å²) in [6.07, 6.45) is 6.82. The second-order valence-electron chi connectivity index (χ2n) is 5.20. The maximum absolute atomic E-state index is 11.8. The molecule has 0 aliphatic carbocycles. The molecule has 1 aliphatic rings.